The second-order valence-corrected chi connectivity index (χ2v) is 5.86. The predicted molar refractivity (Wildman–Crippen MR) is 84.2 cm³/mol. The van der Waals surface area contributed by atoms with Crippen LogP contribution in [0.15, 0.2) is 24.3 Å². The highest BCUT2D eigenvalue weighted by Gasteiger charge is 2.30. The largest absolute Gasteiger partial charge is 0.416 e. The number of hydrogen-bond acceptors (Lipinski definition) is 2. The van der Waals surface area contributed by atoms with Crippen molar-refractivity contribution in [1.82, 2.24) is 9.97 Å². The van der Waals surface area contributed by atoms with E-state index in [2.05, 4.69) is 9.97 Å². The molecule has 0 spiro atoms. The van der Waals surface area contributed by atoms with Crippen LogP contribution in [-0.2, 0) is 12.6 Å². The van der Waals surface area contributed by atoms with Gasteiger partial charge in [0.05, 0.1) is 14.8 Å². The minimum Gasteiger partial charge on any atom is -0.232 e. The van der Waals surface area contributed by atoms with Gasteiger partial charge in [0.1, 0.15) is 5.15 Å². The molecule has 2 aromatic rings. The fourth-order valence-corrected chi connectivity index (χ4v) is 2.53. The van der Waals surface area contributed by atoms with Gasteiger partial charge in [-0.05, 0) is 41.1 Å². The van der Waals surface area contributed by atoms with Crippen molar-refractivity contribution in [2.75, 3.05) is 0 Å². The van der Waals surface area contributed by atoms with Crippen LogP contribution >= 0.6 is 34.2 Å². The Labute approximate surface area is 138 Å². The second kappa shape index (κ2) is 6.48. The molecule has 0 atom stereocenters. The molecule has 0 radical (unpaired) electrons. The summed E-state index contributed by atoms with van der Waals surface area (Å²) in [5.41, 5.74) is 0.335. The van der Waals surface area contributed by atoms with Crippen molar-refractivity contribution in [1.29, 1.82) is 0 Å². The van der Waals surface area contributed by atoms with E-state index in [9.17, 15) is 13.2 Å². The topological polar surface area (TPSA) is 25.8 Å². The lowest BCUT2D eigenvalue weighted by molar-refractivity contribution is -0.137. The third-order valence-electron chi connectivity index (χ3n) is 2.81. The fraction of sp³-hybridized carbons (Fsp3) is 0.286. The molecule has 1 heterocycles. The van der Waals surface area contributed by atoms with Crippen LogP contribution in [0.3, 0.4) is 0 Å². The minimum absolute atomic E-state index is 0.218. The zero-order valence-electron chi connectivity index (χ0n) is 11.0. The highest BCUT2D eigenvalue weighted by Crippen LogP contribution is 2.32. The van der Waals surface area contributed by atoms with E-state index < -0.39 is 11.7 Å². The fourth-order valence-electron chi connectivity index (χ4n) is 1.83. The lowest BCUT2D eigenvalue weighted by atomic mass is 10.1. The Balaban J connectivity index is 2.52. The highest BCUT2D eigenvalue weighted by atomic mass is 127. The van der Waals surface area contributed by atoms with Crippen molar-refractivity contribution < 1.29 is 13.2 Å². The first-order valence-electron chi connectivity index (χ1n) is 6.22. The molecule has 0 saturated heterocycles. The minimum atomic E-state index is -4.39. The van der Waals surface area contributed by atoms with Crippen molar-refractivity contribution in [3.05, 3.63) is 44.2 Å². The molecule has 21 heavy (non-hydrogen) atoms. The van der Waals surface area contributed by atoms with Crippen LogP contribution in [0.25, 0.3) is 11.4 Å². The molecule has 0 amide bonds. The van der Waals surface area contributed by atoms with Gasteiger partial charge >= 0.3 is 6.18 Å². The molecule has 0 aliphatic heterocycles. The predicted octanol–water partition coefficient (Wildman–Crippen LogP) is 5.37. The maximum atomic E-state index is 12.8. The monoisotopic (exact) mass is 426 g/mol. The van der Waals surface area contributed by atoms with E-state index in [4.69, 9.17) is 11.6 Å². The standard InChI is InChI=1S/C14H11ClF3IN2/c1-2-4-10-11(19)12(15)21-13(20-10)8-5-3-6-9(7-8)14(16,17)18/h3,5-7H,2,4H2,1H3. The Hall–Kier alpha value is -0.890. The van der Waals surface area contributed by atoms with Crippen LogP contribution in [0.4, 0.5) is 13.2 Å². The Morgan fingerprint density at radius 2 is 1.95 bits per heavy atom. The molecule has 0 fully saturated rings. The van der Waals surface area contributed by atoms with Crippen LogP contribution in [0, 0.1) is 3.57 Å². The third kappa shape index (κ3) is 3.85. The first-order chi connectivity index (χ1) is 9.82. The van der Waals surface area contributed by atoms with E-state index in [1.54, 1.807) is 6.07 Å². The number of benzene rings is 1. The van der Waals surface area contributed by atoms with Crippen LogP contribution in [0.1, 0.15) is 24.6 Å². The average Bonchev–Trinajstić information content (AvgIpc) is 2.43. The molecule has 7 heteroatoms. The highest BCUT2D eigenvalue weighted by molar-refractivity contribution is 14.1. The Morgan fingerprint density at radius 1 is 1.24 bits per heavy atom. The smallest absolute Gasteiger partial charge is 0.232 e. The van der Waals surface area contributed by atoms with Crippen molar-refractivity contribution in [3.63, 3.8) is 0 Å². The van der Waals surface area contributed by atoms with Gasteiger partial charge in [-0.1, -0.05) is 37.1 Å². The van der Waals surface area contributed by atoms with Gasteiger partial charge in [0, 0.05) is 5.56 Å². The van der Waals surface area contributed by atoms with Crippen LogP contribution in [0.2, 0.25) is 5.15 Å². The number of alkyl halides is 3. The molecule has 0 N–H and O–H groups in total. The van der Waals surface area contributed by atoms with Crippen molar-refractivity contribution in [3.8, 4) is 11.4 Å². The van der Waals surface area contributed by atoms with E-state index in [-0.39, 0.29) is 11.0 Å². The van der Waals surface area contributed by atoms with Gasteiger partial charge < -0.3 is 0 Å². The van der Waals surface area contributed by atoms with Crippen LogP contribution < -0.4 is 0 Å². The maximum Gasteiger partial charge on any atom is 0.416 e. The van der Waals surface area contributed by atoms with Gasteiger partial charge in [0.25, 0.3) is 0 Å². The molecule has 0 aliphatic rings. The molecule has 1 aromatic heterocycles. The summed E-state index contributed by atoms with van der Waals surface area (Å²) in [6.45, 7) is 2.00. The average molecular weight is 427 g/mol. The Kier molecular flexibility index (Phi) is 5.08. The number of rotatable bonds is 3. The van der Waals surface area contributed by atoms with Crippen LogP contribution in [-0.4, -0.2) is 9.97 Å². The maximum absolute atomic E-state index is 12.8. The van der Waals surface area contributed by atoms with Gasteiger partial charge in [0.2, 0.25) is 0 Å². The number of aromatic nitrogens is 2. The lowest BCUT2D eigenvalue weighted by Crippen LogP contribution is -2.05. The summed E-state index contributed by atoms with van der Waals surface area (Å²) in [5.74, 6) is 0.218. The van der Waals surface area contributed by atoms with E-state index in [0.717, 1.165) is 27.8 Å². The Morgan fingerprint density at radius 3 is 2.57 bits per heavy atom. The summed E-state index contributed by atoms with van der Waals surface area (Å²) in [7, 11) is 0. The van der Waals surface area contributed by atoms with Crippen molar-refractivity contribution in [2.45, 2.75) is 25.9 Å². The van der Waals surface area contributed by atoms with Crippen molar-refractivity contribution >= 4 is 34.2 Å². The molecule has 0 saturated carbocycles. The number of aryl methyl sites for hydroxylation is 1. The number of hydrogen-bond donors (Lipinski definition) is 0. The van der Waals surface area contributed by atoms with Gasteiger partial charge in [0.15, 0.2) is 5.82 Å². The van der Waals surface area contributed by atoms with Gasteiger partial charge in [-0.2, -0.15) is 13.2 Å². The Bertz CT molecular complexity index is 659. The number of halogens is 5. The second-order valence-electron chi connectivity index (χ2n) is 4.43. The molecule has 2 rings (SSSR count). The summed E-state index contributed by atoms with van der Waals surface area (Å²) in [5, 5.41) is 0.265. The number of nitrogens with zero attached hydrogens (tertiary/aromatic N) is 2. The van der Waals surface area contributed by atoms with Gasteiger partial charge in [-0.3, -0.25) is 0 Å². The van der Waals surface area contributed by atoms with Crippen molar-refractivity contribution in [2.24, 2.45) is 0 Å². The van der Waals surface area contributed by atoms with E-state index in [1.807, 2.05) is 29.5 Å². The third-order valence-corrected chi connectivity index (χ3v) is 4.54. The molecule has 2 nitrogen and oxygen atoms in total. The SMILES string of the molecule is CCCc1nc(-c2cccc(C(F)(F)F)c2)nc(Cl)c1I. The summed E-state index contributed by atoms with van der Waals surface area (Å²) in [6.07, 6.45) is -2.83. The molecule has 0 bridgehead atoms. The van der Waals surface area contributed by atoms with E-state index >= 15 is 0 Å². The molecule has 1 aromatic carbocycles. The molecular formula is C14H11ClF3IN2. The van der Waals surface area contributed by atoms with Gasteiger partial charge in [-0.25, -0.2) is 9.97 Å². The summed E-state index contributed by atoms with van der Waals surface area (Å²) in [6, 6.07) is 4.94. The summed E-state index contributed by atoms with van der Waals surface area (Å²) < 4.78 is 39.0. The van der Waals surface area contributed by atoms with E-state index in [1.165, 1.54) is 6.07 Å². The summed E-state index contributed by atoms with van der Waals surface area (Å²) >= 11 is 8.10. The lowest BCUT2D eigenvalue weighted by Gasteiger charge is -2.10. The first kappa shape index (κ1) is 16.5. The molecular weight excluding hydrogens is 416 g/mol. The molecule has 0 aliphatic carbocycles. The zero-order chi connectivity index (χ0) is 15.6. The molecule has 0 unspecified atom stereocenters. The van der Waals surface area contributed by atoms with Crippen LogP contribution in [0.5, 0.6) is 0 Å². The summed E-state index contributed by atoms with van der Waals surface area (Å²) in [4.78, 5) is 8.43. The molecule has 112 valence electrons. The zero-order valence-corrected chi connectivity index (χ0v) is 13.9. The normalized spacial score (nSPS) is 11.7. The quantitative estimate of drug-likeness (QED) is 0.487. The van der Waals surface area contributed by atoms with E-state index in [0.29, 0.717) is 12.0 Å². The van der Waals surface area contributed by atoms with Gasteiger partial charge in [-0.15, -0.1) is 0 Å². The first-order valence-corrected chi connectivity index (χ1v) is 7.68.